The van der Waals surface area contributed by atoms with Crippen LogP contribution < -0.4 is 10.2 Å². The number of alkyl carbamates (subject to hydrolysis) is 1. The highest BCUT2D eigenvalue weighted by Crippen LogP contribution is 2.23. The summed E-state index contributed by atoms with van der Waals surface area (Å²) >= 11 is 0. The molecular formula is C18H28N2O3. The topological polar surface area (TPSA) is 61.8 Å². The highest BCUT2D eigenvalue weighted by atomic mass is 16.6. The minimum Gasteiger partial charge on any atom is -0.444 e. The average Bonchev–Trinajstić information content (AvgIpc) is 2.52. The molecule has 2 rings (SSSR count). The third-order valence-electron chi connectivity index (χ3n) is 3.91. The number of nitrogens with one attached hydrogen (secondary N) is 1. The lowest BCUT2D eigenvalue weighted by Crippen LogP contribution is -2.36. The Kier molecular flexibility index (Phi) is 5.88. The van der Waals surface area contributed by atoms with Gasteiger partial charge >= 0.3 is 6.09 Å². The van der Waals surface area contributed by atoms with Gasteiger partial charge in [-0.15, -0.1) is 0 Å². The second kappa shape index (κ2) is 7.68. The number of hydrogen-bond acceptors (Lipinski definition) is 4. The molecule has 1 fully saturated rings. The minimum absolute atomic E-state index is 0.258. The Balaban J connectivity index is 1.86. The number of amides is 1. The number of ether oxygens (including phenoxy) is 1. The Morgan fingerprint density at radius 2 is 2.04 bits per heavy atom. The first-order chi connectivity index (χ1) is 10.9. The first-order valence-electron chi connectivity index (χ1n) is 8.29. The van der Waals surface area contributed by atoms with Crippen LogP contribution in [0.3, 0.4) is 0 Å². The molecule has 5 heteroatoms. The van der Waals surface area contributed by atoms with Gasteiger partial charge in [0, 0.05) is 31.9 Å². The van der Waals surface area contributed by atoms with Gasteiger partial charge in [-0.1, -0.05) is 12.1 Å². The SMILES string of the molecule is CC(C)(C)OC(=O)NCc1ccc(N2CCCC(CO)C2)cc1. The van der Waals surface area contributed by atoms with E-state index in [2.05, 4.69) is 22.3 Å². The quantitative estimate of drug-likeness (QED) is 0.895. The number of carbonyl (C=O) groups excluding carboxylic acids is 1. The molecule has 0 bridgehead atoms. The lowest BCUT2D eigenvalue weighted by Gasteiger charge is -2.33. The molecule has 0 spiro atoms. The summed E-state index contributed by atoms with van der Waals surface area (Å²) in [5, 5.41) is 12.1. The molecule has 2 N–H and O–H groups in total. The first kappa shape index (κ1) is 17.6. The number of nitrogens with zero attached hydrogens (tertiary/aromatic N) is 1. The van der Waals surface area contributed by atoms with Crippen molar-refractivity contribution >= 4 is 11.8 Å². The van der Waals surface area contributed by atoms with Crippen LogP contribution in [0.25, 0.3) is 0 Å². The summed E-state index contributed by atoms with van der Waals surface area (Å²) in [6.45, 7) is 8.19. The third-order valence-corrected chi connectivity index (χ3v) is 3.91. The molecule has 0 saturated carbocycles. The molecule has 23 heavy (non-hydrogen) atoms. The fourth-order valence-corrected chi connectivity index (χ4v) is 2.76. The van der Waals surface area contributed by atoms with Crippen molar-refractivity contribution in [3.63, 3.8) is 0 Å². The number of piperidine rings is 1. The van der Waals surface area contributed by atoms with Crippen LogP contribution in [0, 0.1) is 5.92 Å². The van der Waals surface area contributed by atoms with Crippen molar-refractivity contribution in [3.8, 4) is 0 Å². The van der Waals surface area contributed by atoms with Gasteiger partial charge in [0.1, 0.15) is 5.60 Å². The van der Waals surface area contributed by atoms with E-state index < -0.39 is 11.7 Å². The van der Waals surface area contributed by atoms with Crippen molar-refractivity contribution in [2.45, 2.75) is 45.8 Å². The van der Waals surface area contributed by atoms with Gasteiger partial charge in [-0.2, -0.15) is 0 Å². The normalized spacial score (nSPS) is 18.6. The summed E-state index contributed by atoms with van der Waals surface area (Å²) in [5.74, 6) is 0.372. The second-order valence-corrected chi connectivity index (χ2v) is 7.16. The number of hydrogen-bond donors (Lipinski definition) is 2. The van der Waals surface area contributed by atoms with Crippen LogP contribution in [0.5, 0.6) is 0 Å². The first-order valence-corrected chi connectivity index (χ1v) is 8.29. The van der Waals surface area contributed by atoms with E-state index in [9.17, 15) is 9.90 Å². The molecule has 1 atom stereocenters. The van der Waals surface area contributed by atoms with Crippen LogP contribution in [0.4, 0.5) is 10.5 Å². The molecule has 0 aliphatic carbocycles. The molecule has 1 unspecified atom stereocenters. The summed E-state index contributed by atoms with van der Waals surface area (Å²) in [7, 11) is 0. The van der Waals surface area contributed by atoms with Crippen LogP contribution >= 0.6 is 0 Å². The molecule has 1 amide bonds. The fourth-order valence-electron chi connectivity index (χ4n) is 2.76. The number of rotatable bonds is 4. The Bertz CT molecular complexity index is 508. The van der Waals surface area contributed by atoms with Gasteiger partial charge in [-0.25, -0.2) is 4.79 Å². The molecule has 1 aromatic rings. The molecule has 0 aromatic heterocycles. The van der Waals surface area contributed by atoms with Crippen molar-refractivity contribution in [1.29, 1.82) is 0 Å². The summed E-state index contributed by atoms with van der Waals surface area (Å²) < 4.78 is 5.22. The Morgan fingerprint density at radius 1 is 1.35 bits per heavy atom. The van der Waals surface area contributed by atoms with Gasteiger partial charge in [0.2, 0.25) is 0 Å². The molecular weight excluding hydrogens is 292 g/mol. The van der Waals surface area contributed by atoms with Crippen LogP contribution in [0.2, 0.25) is 0 Å². The predicted octanol–water partition coefficient (Wildman–Crippen LogP) is 2.92. The smallest absolute Gasteiger partial charge is 0.407 e. The third kappa shape index (κ3) is 5.75. The molecule has 1 saturated heterocycles. The van der Waals surface area contributed by atoms with E-state index >= 15 is 0 Å². The largest absolute Gasteiger partial charge is 0.444 e. The highest BCUT2D eigenvalue weighted by molar-refractivity contribution is 5.67. The molecule has 1 aliphatic heterocycles. The maximum absolute atomic E-state index is 11.7. The van der Waals surface area contributed by atoms with Crippen molar-refractivity contribution in [1.82, 2.24) is 5.32 Å². The second-order valence-electron chi connectivity index (χ2n) is 7.16. The van der Waals surface area contributed by atoms with Gasteiger partial charge in [0.15, 0.2) is 0 Å². The van der Waals surface area contributed by atoms with E-state index in [4.69, 9.17) is 4.74 Å². The highest BCUT2D eigenvalue weighted by Gasteiger charge is 2.19. The number of carbonyl (C=O) groups is 1. The van der Waals surface area contributed by atoms with Crippen LogP contribution in [0.1, 0.15) is 39.2 Å². The lowest BCUT2D eigenvalue weighted by atomic mass is 9.98. The van der Waals surface area contributed by atoms with Crippen molar-refractivity contribution in [3.05, 3.63) is 29.8 Å². The molecule has 1 aromatic carbocycles. The molecule has 1 heterocycles. The predicted molar refractivity (Wildman–Crippen MR) is 91.5 cm³/mol. The van der Waals surface area contributed by atoms with E-state index in [1.807, 2.05) is 32.9 Å². The summed E-state index contributed by atoms with van der Waals surface area (Å²) in [4.78, 5) is 14.0. The lowest BCUT2D eigenvalue weighted by molar-refractivity contribution is 0.0523. The van der Waals surface area contributed by atoms with Gasteiger partial charge in [0.05, 0.1) is 0 Å². The Hall–Kier alpha value is -1.75. The minimum atomic E-state index is -0.481. The zero-order chi connectivity index (χ0) is 16.9. The molecule has 5 nitrogen and oxygen atoms in total. The Morgan fingerprint density at radius 3 is 2.65 bits per heavy atom. The number of aliphatic hydroxyl groups is 1. The van der Waals surface area contributed by atoms with Crippen LogP contribution in [0.15, 0.2) is 24.3 Å². The van der Waals surface area contributed by atoms with E-state index in [0.29, 0.717) is 12.5 Å². The van der Waals surface area contributed by atoms with E-state index in [0.717, 1.165) is 31.5 Å². The maximum atomic E-state index is 11.7. The number of benzene rings is 1. The van der Waals surface area contributed by atoms with E-state index in [1.165, 1.54) is 5.69 Å². The monoisotopic (exact) mass is 320 g/mol. The van der Waals surface area contributed by atoms with Crippen LogP contribution in [-0.4, -0.2) is 36.5 Å². The van der Waals surface area contributed by atoms with Crippen molar-refractivity contribution in [2.75, 3.05) is 24.6 Å². The molecule has 128 valence electrons. The zero-order valence-corrected chi connectivity index (χ0v) is 14.3. The summed E-state index contributed by atoms with van der Waals surface area (Å²) in [5.41, 5.74) is 1.73. The van der Waals surface area contributed by atoms with Crippen LogP contribution in [-0.2, 0) is 11.3 Å². The summed E-state index contributed by atoms with van der Waals surface area (Å²) in [6.07, 6.45) is 1.82. The maximum Gasteiger partial charge on any atom is 0.407 e. The Labute approximate surface area is 138 Å². The van der Waals surface area contributed by atoms with E-state index in [1.54, 1.807) is 0 Å². The zero-order valence-electron chi connectivity index (χ0n) is 14.3. The summed E-state index contributed by atoms with van der Waals surface area (Å²) in [6, 6.07) is 8.20. The molecule has 1 aliphatic rings. The van der Waals surface area contributed by atoms with Gasteiger partial charge in [-0.05, 0) is 57.2 Å². The standard InChI is InChI=1S/C18H28N2O3/c1-18(2,3)23-17(22)19-11-14-6-8-16(9-7-14)20-10-4-5-15(12-20)13-21/h6-9,15,21H,4-5,10-13H2,1-3H3,(H,19,22). The number of anilines is 1. The van der Waals surface area contributed by atoms with E-state index in [-0.39, 0.29) is 6.61 Å². The van der Waals surface area contributed by atoms with Gasteiger partial charge < -0.3 is 20.1 Å². The number of aliphatic hydroxyl groups excluding tert-OH is 1. The average molecular weight is 320 g/mol. The molecule has 0 radical (unpaired) electrons. The van der Waals surface area contributed by atoms with Gasteiger partial charge in [0.25, 0.3) is 0 Å². The van der Waals surface area contributed by atoms with Crippen molar-refractivity contribution < 1.29 is 14.6 Å². The fraction of sp³-hybridized carbons (Fsp3) is 0.611. The van der Waals surface area contributed by atoms with Crippen molar-refractivity contribution in [2.24, 2.45) is 5.92 Å². The van der Waals surface area contributed by atoms with Gasteiger partial charge in [-0.3, -0.25) is 0 Å².